The molecule has 1 aliphatic rings. The molecule has 0 aromatic rings. The lowest BCUT2D eigenvalue weighted by Crippen LogP contribution is -2.51. The van der Waals surface area contributed by atoms with E-state index in [0.29, 0.717) is 5.41 Å². The predicted octanol–water partition coefficient (Wildman–Crippen LogP) is 3.18. The topological polar surface area (TPSA) is 24.1 Å². The normalized spacial score (nSPS) is 19.6. The summed E-state index contributed by atoms with van der Waals surface area (Å²) in [6.45, 7) is 11.6. The predicted molar refractivity (Wildman–Crippen MR) is 76.4 cm³/mol. The van der Waals surface area contributed by atoms with Gasteiger partial charge in [0.15, 0.2) is 0 Å². The lowest BCUT2D eigenvalue weighted by atomic mass is 9.71. The quantitative estimate of drug-likeness (QED) is 0.745. The number of likely N-dealkylation sites (N-methyl/N-ethyl adjacent to an activating group) is 1. The van der Waals surface area contributed by atoms with Gasteiger partial charge < -0.3 is 10.6 Å². The zero-order valence-electron chi connectivity index (χ0n) is 12.5. The Kier molecular flexibility index (Phi) is 5.46. The van der Waals surface area contributed by atoms with Gasteiger partial charge in [0.1, 0.15) is 0 Å². The molecule has 102 valence electrons. The number of hydrogen-bond donors (Lipinski definition) is 2. The van der Waals surface area contributed by atoms with Crippen LogP contribution in [0.2, 0.25) is 0 Å². The van der Waals surface area contributed by atoms with Gasteiger partial charge >= 0.3 is 0 Å². The molecule has 2 heteroatoms. The standard InChI is InChI=1S/C15H32N2/c1-14(2,13-9-7-6-8-10-13)11-17-15(3,4)12-16-5/h13,16-17H,6-12H2,1-5H3. The van der Waals surface area contributed by atoms with Crippen LogP contribution in [0.4, 0.5) is 0 Å². The van der Waals surface area contributed by atoms with Crippen LogP contribution in [0.3, 0.4) is 0 Å². The van der Waals surface area contributed by atoms with Gasteiger partial charge in [-0.3, -0.25) is 0 Å². The van der Waals surface area contributed by atoms with Crippen molar-refractivity contribution in [1.82, 2.24) is 10.6 Å². The minimum Gasteiger partial charge on any atom is -0.318 e. The average molecular weight is 240 g/mol. The van der Waals surface area contributed by atoms with E-state index in [0.717, 1.165) is 19.0 Å². The summed E-state index contributed by atoms with van der Waals surface area (Å²) in [6, 6.07) is 0. The van der Waals surface area contributed by atoms with Crippen LogP contribution in [0.15, 0.2) is 0 Å². The van der Waals surface area contributed by atoms with Crippen molar-refractivity contribution in [2.45, 2.75) is 65.3 Å². The van der Waals surface area contributed by atoms with Gasteiger partial charge in [0.25, 0.3) is 0 Å². The molecule has 0 radical (unpaired) electrons. The maximum Gasteiger partial charge on any atom is 0.0249 e. The van der Waals surface area contributed by atoms with E-state index in [9.17, 15) is 0 Å². The Balaban J connectivity index is 2.42. The molecule has 1 aliphatic carbocycles. The fourth-order valence-corrected chi connectivity index (χ4v) is 3.00. The van der Waals surface area contributed by atoms with Crippen LogP contribution in [0.5, 0.6) is 0 Å². The monoisotopic (exact) mass is 240 g/mol. The summed E-state index contributed by atoms with van der Waals surface area (Å²) in [5.41, 5.74) is 0.631. The van der Waals surface area contributed by atoms with Crippen LogP contribution in [0.1, 0.15) is 59.8 Å². The van der Waals surface area contributed by atoms with E-state index in [1.165, 1.54) is 32.1 Å². The van der Waals surface area contributed by atoms with Crippen molar-refractivity contribution in [3.05, 3.63) is 0 Å². The molecule has 0 amide bonds. The summed E-state index contributed by atoms with van der Waals surface area (Å²) in [6.07, 6.45) is 7.19. The molecule has 0 heterocycles. The molecule has 2 N–H and O–H groups in total. The first-order chi connectivity index (χ1) is 7.87. The summed E-state index contributed by atoms with van der Waals surface area (Å²) in [4.78, 5) is 0. The van der Waals surface area contributed by atoms with Gasteiger partial charge in [0.2, 0.25) is 0 Å². The number of hydrogen-bond acceptors (Lipinski definition) is 2. The number of nitrogens with one attached hydrogen (secondary N) is 2. The van der Waals surface area contributed by atoms with Gasteiger partial charge in [-0.15, -0.1) is 0 Å². The largest absolute Gasteiger partial charge is 0.318 e. The molecule has 0 spiro atoms. The zero-order chi connectivity index (χ0) is 12.9. The summed E-state index contributed by atoms with van der Waals surface area (Å²) in [5.74, 6) is 0.911. The fourth-order valence-electron chi connectivity index (χ4n) is 3.00. The summed E-state index contributed by atoms with van der Waals surface area (Å²) in [5, 5.41) is 7.00. The molecule has 0 atom stereocenters. The summed E-state index contributed by atoms with van der Waals surface area (Å²) >= 11 is 0. The van der Waals surface area contributed by atoms with Crippen molar-refractivity contribution in [2.75, 3.05) is 20.1 Å². The Hall–Kier alpha value is -0.0800. The van der Waals surface area contributed by atoms with E-state index in [1.54, 1.807) is 0 Å². The van der Waals surface area contributed by atoms with E-state index in [4.69, 9.17) is 0 Å². The molecule has 0 aromatic heterocycles. The van der Waals surface area contributed by atoms with Crippen molar-refractivity contribution in [2.24, 2.45) is 11.3 Å². The van der Waals surface area contributed by atoms with Crippen LogP contribution in [0, 0.1) is 11.3 Å². The summed E-state index contributed by atoms with van der Waals surface area (Å²) < 4.78 is 0. The molecule has 0 saturated heterocycles. The second kappa shape index (κ2) is 6.19. The molecule has 0 aromatic carbocycles. The van der Waals surface area contributed by atoms with E-state index in [1.807, 2.05) is 7.05 Å². The second-order valence-corrected chi connectivity index (χ2v) is 7.09. The molecular formula is C15H32N2. The maximum atomic E-state index is 3.73. The van der Waals surface area contributed by atoms with E-state index < -0.39 is 0 Å². The van der Waals surface area contributed by atoms with Crippen LogP contribution in [-0.2, 0) is 0 Å². The van der Waals surface area contributed by atoms with Gasteiger partial charge in [-0.05, 0) is 45.1 Å². The first kappa shape index (κ1) is 15.0. The maximum absolute atomic E-state index is 3.73. The van der Waals surface area contributed by atoms with E-state index in [2.05, 4.69) is 38.3 Å². The van der Waals surface area contributed by atoms with Gasteiger partial charge in [-0.2, -0.15) is 0 Å². The lowest BCUT2D eigenvalue weighted by Gasteiger charge is -2.40. The third-order valence-corrected chi connectivity index (χ3v) is 4.35. The average Bonchev–Trinajstić information content (AvgIpc) is 2.28. The minimum absolute atomic E-state index is 0.195. The zero-order valence-corrected chi connectivity index (χ0v) is 12.5. The molecule has 17 heavy (non-hydrogen) atoms. The molecule has 2 nitrogen and oxygen atoms in total. The Morgan fingerprint density at radius 1 is 0.941 bits per heavy atom. The van der Waals surface area contributed by atoms with E-state index in [-0.39, 0.29) is 5.54 Å². The second-order valence-electron chi connectivity index (χ2n) is 7.09. The SMILES string of the molecule is CNCC(C)(C)NCC(C)(C)C1CCCCC1. The lowest BCUT2D eigenvalue weighted by molar-refractivity contribution is 0.141. The van der Waals surface area contributed by atoms with Gasteiger partial charge in [0.05, 0.1) is 0 Å². The van der Waals surface area contributed by atoms with Gasteiger partial charge in [0, 0.05) is 18.6 Å². The Bertz CT molecular complexity index is 215. The van der Waals surface area contributed by atoms with Gasteiger partial charge in [-0.1, -0.05) is 33.1 Å². The highest BCUT2D eigenvalue weighted by Crippen LogP contribution is 2.37. The van der Waals surface area contributed by atoms with E-state index >= 15 is 0 Å². The molecule has 0 aliphatic heterocycles. The molecule has 0 bridgehead atoms. The molecule has 0 unspecified atom stereocenters. The van der Waals surface area contributed by atoms with Crippen molar-refractivity contribution in [3.8, 4) is 0 Å². The Labute approximate surface area is 108 Å². The smallest absolute Gasteiger partial charge is 0.0249 e. The fraction of sp³-hybridized carbons (Fsp3) is 1.00. The molecule has 1 fully saturated rings. The molecular weight excluding hydrogens is 208 g/mol. The van der Waals surface area contributed by atoms with Crippen molar-refractivity contribution in [3.63, 3.8) is 0 Å². The van der Waals surface area contributed by atoms with Gasteiger partial charge in [-0.25, -0.2) is 0 Å². The Morgan fingerprint density at radius 3 is 2.06 bits per heavy atom. The van der Waals surface area contributed by atoms with Crippen LogP contribution >= 0.6 is 0 Å². The van der Waals surface area contributed by atoms with Crippen molar-refractivity contribution >= 4 is 0 Å². The Morgan fingerprint density at radius 2 is 1.53 bits per heavy atom. The first-order valence-corrected chi connectivity index (χ1v) is 7.27. The number of rotatable bonds is 6. The summed E-state index contributed by atoms with van der Waals surface area (Å²) in [7, 11) is 2.02. The highest BCUT2D eigenvalue weighted by molar-refractivity contribution is 4.87. The third-order valence-electron chi connectivity index (χ3n) is 4.35. The van der Waals surface area contributed by atoms with Crippen LogP contribution in [0.25, 0.3) is 0 Å². The van der Waals surface area contributed by atoms with Crippen LogP contribution in [-0.4, -0.2) is 25.7 Å². The van der Waals surface area contributed by atoms with Crippen molar-refractivity contribution < 1.29 is 0 Å². The van der Waals surface area contributed by atoms with Crippen LogP contribution < -0.4 is 10.6 Å². The molecule has 1 saturated carbocycles. The molecule has 1 rings (SSSR count). The minimum atomic E-state index is 0.195. The first-order valence-electron chi connectivity index (χ1n) is 7.27. The highest BCUT2D eigenvalue weighted by Gasteiger charge is 2.31. The highest BCUT2D eigenvalue weighted by atomic mass is 15.0. The van der Waals surface area contributed by atoms with Crippen molar-refractivity contribution in [1.29, 1.82) is 0 Å². The third kappa shape index (κ3) is 4.97.